The molecule has 0 amide bonds. The lowest BCUT2D eigenvalue weighted by atomic mass is 10.1. The minimum atomic E-state index is 0.308. The smallest absolute Gasteiger partial charge is 0.0682 e. The van der Waals surface area contributed by atoms with Crippen LogP contribution < -0.4 is 11.3 Å². The summed E-state index contributed by atoms with van der Waals surface area (Å²) in [5.74, 6) is 8.27. The predicted octanol–water partition coefficient (Wildman–Crippen LogP) is 2.88. The van der Waals surface area contributed by atoms with Crippen LogP contribution in [0.5, 0.6) is 0 Å². The zero-order valence-electron chi connectivity index (χ0n) is 9.39. The lowest BCUT2D eigenvalue weighted by Crippen LogP contribution is -2.41. The topological polar surface area (TPSA) is 38.0 Å². The van der Waals surface area contributed by atoms with Gasteiger partial charge in [0, 0.05) is 26.9 Å². The second-order valence-corrected chi connectivity index (χ2v) is 7.42. The highest BCUT2D eigenvalue weighted by Gasteiger charge is 2.32. The third-order valence-electron chi connectivity index (χ3n) is 2.85. The second kappa shape index (κ2) is 6.31. The molecular weight excluding hydrogens is 256 g/mol. The van der Waals surface area contributed by atoms with Gasteiger partial charge in [-0.25, -0.2) is 0 Å². The van der Waals surface area contributed by atoms with Gasteiger partial charge < -0.3 is 0 Å². The number of thioether (sulfide) groups is 2. The summed E-state index contributed by atoms with van der Waals surface area (Å²) in [6.45, 7) is 2.28. The molecule has 1 saturated heterocycles. The Bertz CT molecular complexity index is 302. The first-order valence-corrected chi connectivity index (χ1v) is 8.57. The molecule has 0 aromatic carbocycles. The summed E-state index contributed by atoms with van der Waals surface area (Å²) >= 11 is 5.97. The van der Waals surface area contributed by atoms with E-state index in [1.807, 2.05) is 0 Å². The molecule has 2 rings (SSSR count). The van der Waals surface area contributed by atoms with Crippen LogP contribution in [0.4, 0.5) is 0 Å². The highest BCUT2D eigenvalue weighted by Crippen LogP contribution is 2.40. The Labute approximate surface area is 110 Å². The highest BCUT2D eigenvalue weighted by atomic mass is 32.2. The Morgan fingerprint density at radius 2 is 2.31 bits per heavy atom. The van der Waals surface area contributed by atoms with Crippen molar-refractivity contribution in [1.82, 2.24) is 5.43 Å². The van der Waals surface area contributed by atoms with E-state index in [0.717, 1.165) is 5.25 Å². The summed E-state index contributed by atoms with van der Waals surface area (Å²) in [6.07, 6.45) is 1.23. The number of nitrogens with one attached hydrogen (secondary N) is 1. The lowest BCUT2D eigenvalue weighted by Gasteiger charge is -2.35. The van der Waals surface area contributed by atoms with E-state index in [4.69, 9.17) is 5.84 Å². The Morgan fingerprint density at radius 1 is 1.50 bits per heavy atom. The summed E-state index contributed by atoms with van der Waals surface area (Å²) in [7, 11) is 0. The molecule has 3 unspecified atom stereocenters. The average Bonchev–Trinajstić information content (AvgIpc) is 2.84. The molecule has 16 heavy (non-hydrogen) atoms. The Kier molecular flexibility index (Phi) is 5.03. The van der Waals surface area contributed by atoms with Crippen LogP contribution in [0.1, 0.15) is 24.3 Å². The predicted molar refractivity (Wildman–Crippen MR) is 77.2 cm³/mol. The minimum absolute atomic E-state index is 0.308. The van der Waals surface area contributed by atoms with Gasteiger partial charge in [0.1, 0.15) is 0 Å². The summed E-state index contributed by atoms with van der Waals surface area (Å²) < 4.78 is 0. The molecule has 90 valence electrons. The lowest BCUT2D eigenvalue weighted by molar-refractivity contribution is 0.521. The Hall–Kier alpha value is 0.320. The van der Waals surface area contributed by atoms with Crippen molar-refractivity contribution >= 4 is 34.9 Å². The normalized spacial score (nSPS) is 27.9. The quantitative estimate of drug-likeness (QED) is 0.654. The maximum absolute atomic E-state index is 5.75. The summed E-state index contributed by atoms with van der Waals surface area (Å²) in [4.78, 5) is 1.36. The van der Waals surface area contributed by atoms with Gasteiger partial charge in [0.25, 0.3) is 0 Å². The molecule has 1 aliphatic rings. The zero-order valence-corrected chi connectivity index (χ0v) is 11.8. The maximum atomic E-state index is 5.75. The fourth-order valence-electron chi connectivity index (χ4n) is 2.05. The number of hydrazine groups is 1. The Balaban J connectivity index is 2.13. The van der Waals surface area contributed by atoms with Crippen LogP contribution >= 0.6 is 34.9 Å². The number of hydrogen-bond donors (Lipinski definition) is 2. The average molecular weight is 274 g/mol. The van der Waals surface area contributed by atoms with E-state index >= 15 is 0 Å². The van der Waals surface area contributed by atoms with E-state index in [1.54, 1.807) is 11.3 Å². The number of hydrogen-bond acceptors (Lipinski definition) is 5. The fraction of sp³-hybridized carbons (Fsp3) is 0.636. The molecule has 0 spiro atoms. The molecule has 5 heteroatoms. The first-order chi connectivity index (χ1) is 7.86. The van der Waals surface area contributed by atoms with E-state index in [0.29, 0.717) is 11.3 Å². The molecule has 1 aromatic rings. The van der Waals surface area contributed by atoms with Gasteiger partial charge in [-0.05, 0) is 17.9 Å². The van der Waals surface area contributed by atoms with Gasteiger partial charge in [-0.3, -0.25) is 11.3 Å². The van der Waals surface area contributed by atoms with Crippen LogP contribution in [0, 0.1) is 0 Å². The van der Waals surface area contributed by atoms with Crippen LogP contribution in [-0.2, 0) is 0 Å². The van der Waals surface area contributed by atoms with E-state index in [2.05, 4.69) is 53.4 Å². The SMILES string of the molecule is CCC1SCCSC1C(NN)c1cccs1. The van der Waals surface area contributed by atoms with Gasteiger partial charge in [0.2, 0.25) is 0 Å². The van der Waals surface area contributed by atoms with Crippen LogP contribution in [0.3, 0.4) is 0 Å². The van der Waals surface area contributed by atoms with Gasteiger partial charge in [-0.15, -0.1) is 11.3 Å². The molecule has 1 aliphatic heterocycles. The molecule has 0 bridgehead atoms. The van der Waals surface area contributed by atoms with Gasteiger partial charge >= 0.3 is 0 Å². The van der Waals surface area contributed by atoms with Gasteiger partial charge in [-0.1, -0.05) is 13.0 Å². The fourth-order valence-corrected chi connectivity index (χ4v) is 6.20. The monoisotopic (exact) mass is 274 g/mol. The molecule has 2 heterocycles. The second-order valence-electron chi connectivity index (χ2n) is 3.81. The third-order valence-corrected chi connectivity index (χ3v) is 7.16. The molecule has 1 aromatic heterocycles. The number of rotatable bonds is 4. The van der Waals surface area contributed by atoms with Crippen LogP contribution in [0.2, 0.25) is 0 Å². The molecule has 0 saturated carbocycles. The molecular formula is C11H18N2S3. The van der Waals surface area contributed by atoms with Crippen molar-refractivity contribution in [2.75, 3.05) is 11.5 Å². The minimum Gasteiger partial charge on any atom is -0.271 e. The van der Waals surface area contributed by atoms with Crippen molar-refractivity contribution in [2.24, 2.45) is 5.84 Å². The third kappa shape index (κ3) is 2.76. The first-order valence-electron chi connectivity index (χ1n) is 5.59. The van der Waals surface area contributed by atoms with Crippen molar-refractivity contribution < 1.29 is 0 Å². The first kappa shape index (κ1) is 12.8. The zero-order chi connectivity index (χ0) is 11.4. The van der Waals surface area contributed by atoms with Crippen molar-refractivity contribution in [1.29, 1.82) is 0 Å². The van der Waals surface area contributed by atoms with Crippen LogP contribution in [-0.4, -0.2) is 22.0 Å². The number of nitrogens with two attached hydrogens (primary N) is 1. The summed E-state index contributed by atoms with van der Waals surface area (Å²) in [5.41, 5.74) is 3.01. The molecule has 1 fully saturated rings. The van der Waals surface area contributed by atoms with Crippen LogP contribution in [0.15, 0.2) is 17.5 Å². The van der Waals surface area contributed by atoms with E-state index in [1.165, 1.54) is 22.8 Å². The summed E-state index contributed by atoms with van der Waals surface area (Å²) in [5, 5.41) is 3.45. The van der Waals surface area contributed by atoms with E-state index < -0.39 is 0 Å². The number of thiophene rings is 1. The van der Waals surface area contributed by atoms with E-state index in [9.17, 15) is 0 Å². The Morgan fingerprint density at radius 3 is 2.94 bits per heavy atom. The van der Waals surface area contributed by atoms with Gasteiger partial charge in [-0.2, -0.15) is 23.5 Å². The summed E-state index contributed by atoms with van der Waals surface area (Å²) in [6, 6.07) is 4.59. The van der Waals surface area contributed by atoms with Gasteiger partial charge in [0.15, 0.2) is 0 Å². The van der Waals surface area contributed by atoms with Crippen molar-refractivity contribution in [2.45, 2.75) is 29.9 Å². The van der Waals surface area contributed by atoms with Crippen molar-refractivity contribution in [3.05, 3.63) is 22.4 Å². The van der Waals surface area contributed by atoms with Crippen LogP contribution in [0.25, 0.3) is 0 Å². The molecule has 0 radical (unpaired) electrons. The molecule has 3 atom stereocenters. The largest absolute Gasteiger partial charge is 0.271 e. The standard InChI is InChI=1S/C11H18N2S3/c1-2-8-11(16-7-6-15-8)10(13-12)9-4-3-5-14-9/h3-5,8,10-11,13H,2,6-7,12H2,1H3. The van der Waals surface area contributed by atoms with Crippen molar-refractivity contribution in [3.8, 4) is 0 Å². The molecule has 0 aliphatic carbocycles. The highest BCUT2D eigenvalue weighted by molar-refractivity contribution is 8.07. The molecule has 2 nitrogen and oxygen atoms in total. The molecule has 3 N–H and O–H groups in total. The van der Waals surface area contributed by atoms with Gasteiger partial charge in [0.05, 0.1) is 6.04 Å². The van der Waals surface area contributed by atoms with E-state index in [-0.39, 0.29) is 0 Å². The van der Waals surface area contributed by atoms with Crippen molar-refractivity contribution in [3.63, 3.8) is 0 Å². The maximum Gasteiger partial charge on any atom is 0.0682 e.